The molecular weight excluding hydrogens is 384 g/mol. The first kappa shape index (κ1) is 17.3. The molecule has 0 unspecified atom stereocenters. The molecule has 0 amide bonds. The maximum Gasteiger partial charge on any atom is 0.231 e. The number of halogens is 1. The second-order valence-corrected chi connectivity index (χ2v) is 6.65. The minimum atomic E-state index is -0.163. The monoisotopic (exact) mass is 400 g/mol. The number of carbonyl (C=O) groups excluding carboxylic acids is 1. The van der Waals surface area contributed by atoms with Gasteiger partial charge in [0.05, 0.1) is 12.7 Å². The lowest BCUT2D eigenvalue weighted by molar-refractivity contribution is 0.101. The van der Waals surface area contributed by atoms with Gasteiger partial charge in [-0.3, -0.25) is 4.79 Å². The zero-order valence-electron chi connectivity index (χ0n) is 14.0. The molecule has 3 rings (SSSR count). The van der Waals surface area contributed by atoms with Gasteiger partial charge in [-0.25, -0.2) is 0 Å². The fourth-order valence-electron chi connectivity index (χ4n) is 2.42. The highest BCUT2D eigenvalue weighted by molar-refractivity contribution is 9.10. The molecule has 0 bridgehead atoms. The van der Waals surface area contributed by atoms with E-state index in [9.17, 15) is 4.79 Å². The van der Waals surface area contributed by atoms with E-state index in [4.69, 9.17) is 14.2 Å². The fraction of sp³-hybridized carbons (Fsp3) is 0.150. The fourth-order valence-corrected chi connectivity index (χ4v) is 2.80. The van der Waals surface area contributed by atoms with Crippen molar-refractivity contribution in [2.24, 2.45) is 0 Å². The minimum absolute atomic E-state index is 0.163. The van der Waals surface area contributed by atoms with Crippen LogP contribution in [0.25, 0.3) is 6.08 Å². The van der Waals surface area contributed by atoms with Crippen LogP contribution in [0.1, 0.15) is 22.8 Å². The molecule has 0 aromatic heterocycles. The van der Waals surface area contributed by atoms with Crippen LogP contribution in [0.2, 0.25) is 0 Å². The van der Waals surface area contributed by atoms with E-state index in [0.29, 0.717) is 29.4 Å². The summed E-state index contributed by atoms with van der Waals surface area (Å²) < 4.78 is 17.6. The molecule has 0 saturated carbocycles. The van der Waals surface area contributed by atoms with Crippen LogP contribution in [0.5, 0.6) is 17.2 Å². The number of allylic oxidation sites excluding steroid dienone is 1. The number of methoxy groups -OCH3 is 1. The van der Waals surface area contributed by atoms with Gasteiger partial charge in [0.1, 0.15) is 23.9 Å². The molecule has 0 spiro atoms. The van der Waals surface area contributed by atoms with Crippen molar-refractivity contribution in [2.45, 2.75) is 6.92 Å². The van der Waals surface area contributed by atoms with Crippen LogP contribution in [-0.4, -0.2) is 19.5 Å². The zero-order valence-corrected chi connectivity index (χ0v) is 15.6. The van der Waals surface area contributed by atoms with Gasteiger partial charge in [0, 0.05) is 16.1 Å². The number of benzene rings is 2. The lowest BCUT2D eigenvalue weighted by Crippen LogP contribution is -1.99. The third kappa shape index (κ3) is 3.77. The number of ether oxygens (including phenoxy) is 3. The number of ketones is 1. The van der Waals surface area contributed by atoms with Gasteiger partial charge in [-0.05, 0) is 48.9 Å². The third-order valence-electron chi connectivity index (χ3n) is 3.60. The molecule has 0 atom stereocenters. The molecule has 0 radical (unpaired) electrons. The zero-order chi connectivity index (χ0) is 18.0. The highest BCUT2D eigenvalue weighted by Gasteiger charge is 2.28. The summed E-state index contributed by atoms with van der Waals surface area (Å²) in [4.78, 5) is 12.6. The van der Waals surface area contributed by atoms with Crippen LogP contribution in [0.3, 0.4) is 0 Å². The first-order valence-electron chi connectivity index (χ1n) is 7.67. The first-order valence-corrected chi connectivity index (χ1v) is 8.46. The summed E-state index contributed by atoms with van der Waals surface area (Å²) in [6.45, 7) is 6.11. The van der Waals surface area contributed by atoms with Crippen LogP contribution >= 0.6 is 15.9 Å². The quantitative estimate of drug-likeness (QED) is 0.521. The van der Waals surface area contributed by atoms with E-state index < -0.39 is 0 Å². The first-order chi connectivity index (χ1) is 12.0. The van der Waals surface area contributed by atoms with E-state index in [1.165, 1.54) is 0 Å². The van der Waals surface area contributed by atoms with Crippen molar-refractivity contribution in [3.05, 3.63) is 69.9 Å². The summed E-state index contributed by atoms with van der Waals surface area (Å²) in [7, 11) is 1.59. The average molecular weight is 401 g/mol. The van der Waals surface area contributed by atoms with E-state index in [1.54, 1.807) is 31.4 Å². The highest BCUT2D eigenvalue weighted by Crippen LogP contribution is 2.36. The normalized spacial score (nSPS) is 14.2. The van der Waals surface area contributed by atoms with E-state index in [1.807, 2.05) is 25.1 Å². The molecule has 1 aliphatic rings. The van der Waals surface area contributed by atoms with Crippen LogP contribution in [0.15, 0.2) is 58.8 Å². The predicted molar refractivity (Wildman–Crippen MR) is 100 cm³/mol. The Bertz CT molecular complexity index is 883. The Balaban J connectivity index is 1.90. The Morgan fingerprint density at radius 3 is 2.80 bits per heavy atom. The Hall–Kier alpha value is -2.53. The summed E-state index contributed by atoms with van der Waals surface area (Å²) in [5, 5.41) is 0. The van der Waals surface area contributed by atoms with E-state index in [-0.39, 0.29) is 11.5 Å². The van der Waals surface area contributed by atoms with E-state index >= 15 is 0 Å². The number of carbonyl (C=O) groups is 1. The summed E-state index contributed by atoms with van der Waals surface area (Å²) in [6.07, 6.45) is 1.68. The van der Waals surface area contributed by atoms with E-state index in [0.717, 1.165) is 15.6 Å². The molecule has 2 aromatic carbocycles. The second-order valence-electron chi connectivity index (χ2n) is 5.73. The molecule has 4 nitrogen and oxygen atoms in total. The molecular formula is C20H17BrO4. The molecule has 1 heterocycles. The van der Waals surface area contributed by atoms with Gasteiger partial charge >= 0.3 is 0 Å². The lowest BCUT2D eigenvalue weighted by Gasteiger charge is -2.07. The van der Waals surface area contributed by atoms with Crippen molar-refractivity contribution in [1.29, 1.82) is 0 Å². The molecule has 5 heteroatoms. The van der Waals surface area contributed by atoms with Gasteiger partial charge in [0.2, 0.25) is 5.78 Å². The summed E-state index contributed by atoms with van der Waals surface area (Å²) in [5.41, 5.74) is 2.19. The SMILES string of the molecule is C=C(C)COc1ccc2c(c1)O/C(=C/c1cc(Br)ccc1OC)C2=O. The molecule has 0 fully saturated rings. The average Bonchev–Trinajstić information content (AvgIpc) is 2.89. The number of rotatable bonds is 5. The molecule has 1 aliphatic heterocycles. The Labute approximate surface area is 154 Å². The summed E-state index contributed by atoms with van der Waals surface area (Å²) in [6, 6.07) is 10.8. The Morgan fingerprint density at radius 1 is 1.28 bits per heavy atom. The van der Waals surface area contributed by atoms with Crippen LogP contribution < -0.4 is 14.2 Å². The second kappa shape index (κ2) is 7.15. The van der Waals surface area contributed by atoms with Crippen molar-refractivity contribution in [1.82, 2.24) is 0 Å². The molecule has 0 N–H and O–H groups in total. The maximum atomic E-state index is 12.6. The summed E-state index contributed by atoms with van der Waals surface area (Å²) in [5.74, 6) is 1.88. The molecule has 0 aliphatic carbocycles. The standard InChI is InChI=1S/C20H17BrO4/c1-12(2)11-24-15-5-6-16-18(10-15)25-19(20(16)22)9-13-8-14(21)4-7-17(13)23-3/h4-10H,1,11H2,2-3H3/b19-9+. The van der Waals surface area contributed by atoms with Crippen LogP contribution in [0, 0.1) is 0 Å². The number of hydrogen-bond acceptors (Lipinski definition) is 4. The van der Waals surface area contributed by atoms with Crippen molar-refractivity contribution in [3.8, 4) is 17.2 Å². The minimum Gasteiger partial charge on any atom is -0.496 e. The van der Waals surface area contributed by atoms with Gasteiger partial charge in [0.15, 0.2) is 5.76 Å². The van der Waals surface area contributed by atoms with E-state index in [2.05, 4.69) is 22.5 Å². The molecule has 0 saturated heterocycles. The van der Waals surface area contributed by atoms with Crippen LogP contribution in [-0.2, 0) is 0 Å². The number of hydrogen-bond donors (Lipinski definition) is 0. The number of fused-ring (bicyclic) bond motifs is 1. The predicted octanol–water partition coefficient (Wildman–Crippen LogP) is 5.03. The van der Waals surface area contributed by atoms with Crippen LogP contribution in [0.4, 0.5) is 0 Å². The van der Waals surface area contributed by atoms with Gasteiger partial charge in [-0.15, -0.1) is 0 Å². The Morgan fingerprint density at radius 2 is 2.08 bits per heavy atom. The largest absolute Gasteiger partial charge is 0.496 e. The lowest BCUT2D eigenvalue weighted by atomic mass is 10.1. The molecule has 2 aromatic rings. The van der Waals surface area contributed by atoms with Crippen molar-refractivity contribution >= 4 is 27.8 Å². The smallest absolute Gasteiger partial charge is 0.231 e. The third-order valence-corrected chi connectivity index (χ3v) is 4.10. The molecule has 128 valence electrons. The van der Waals surface area contributed by atoms with Gasteiger partial charge in [-0.2, -0.15) is 0 Å². The van der Waals surface area contributed by atoms with Gasteiger partial charge in [-0.1, -0.05) is 22.5 Å². The molecule has 25 heavy (non-hydrogen) atoms. The van der Waals surface area contributed by atoms with Crippen molar-refractivity contribution < 1.29 is 19.0 Å². The topological polar surface area (TPSA) is 44.8 Å². The van der Waals surface area contributed by atoms with Crippen molar-refractivity contribution in [2.75, 3.05) is 13.7 Å². The number of Topliss-reactive ketones (excluding diaryl/α,β-unsaturated/α-hetero) is 1. The van der Waals surface area contributed by atoms with Gasteiger partial charge in [0.25, 0.3) is 0 Å². The highest BCUT2D eigenvalue weighted by atomic mass is 79.9. The van der Waals surface area contributed by atoms with Gasteiger partial charge < -0.3 is 14.2 Å². The maximum absolute atomic E-state index is 12.6. The Kier molecular flexibility index (Phi) is 4.95. The summed E-state index contributed by atoms with van der Waals surface area (Å²) >= 11 is 3.42. The van der Waals surface area contributed by atoms with Crippen molar-refractivity contribution in [3.63, 3.8) is 0 Å².